The number of aliphatic hydroxyl groups is 2. The van der Waals surface area contributed by atoms with E-state index < -0.39 is 0 Å². The van der Waals surface area contributed by atoms with Crippen molar-refractivity contribution in [1.29, 1.82) is 0 Å². The van der Waals surface area contributed by atoms with Crippen LogP contribution < -0.4 is 0 Å². The maximum Gasteiger partial charge on any atom is 0.0626 e. The van der Waals surface area contributed by atoms with E-state index in [4.69, 9.17) is 0 Å². The highest BCUT2D eigenvalue weighted by Crippen LogP contribution is 2.49. The molecule has 2 unspecified atom stereocenters. The largest absolute Gasteiger partial charge is 0.392 e. The molecule has 4 fully saturated rings. The zero-order valence-electron chi connectivity index (χ0n) is 15.4. The third-order valence-corrected chi connectivity index (χ3v) is 8.45. The molecule has 0 radical (unpaired) electrons. The molecule has 4 saturated carbocycles. The van der Waals surface area contributed by atoms with Gasteiger partial charge in [-0.2, -0.15) is 0 Å². The van der Waals surface area contributed by atoms with Gasteiger partial charge in [-0.3, -0.25) is 0 Å². The Balaban J connectivity index is 1.55. The Bertz CT molecular complexity index is 361. The van der Waals surface area contributed by atoms with Crippen molar-refractivity contribution in [2.75, 3.05) is 0 Å². The Morgan fingerprint density at radius 1 is 0.417 bits per heavy atom. The lowest BCUT2D eigenvalue weighted by molar-refractivity contribution is -0.0750. The van der Waals surface area contributed by atoms with Crippen LogP contribution in [0.2, 0.25) is 0 Å². The van der Waals surface area contributed by atoms with Crippen molar-refractivity contribution < 1.29 is 10.2 Å². The summed E-state index contributed by atoms with van der Waals surface area (Å²) in [5, 5.41) is 22.8. The van der Waals surface area contributed by atoms with E-state index in [9.17, 15) is 10.2 Å². The molecular weight excluding hydrogens is 296 g/mol. The summed E-state index contributed by atoms with van der Waals surface area (Å²) in [6.45, 7) is 0. The molecule has 0 aromatic carbocycles. The van der Waals surface area contributed by atoms with E-state index in [0.717, 1.165) is 11.8 Å². The number of hydrogen-bond donors (Lipinski definition) is 2. The Morgan fingerprint density at radius 3 is 1.21 bits per heavy atom. The van der Waals surface area contributed by atoms with Crippen LogP contribution in [0.5, 0.6) is 0 Å². The quantitative estimate of drug-likeness (QED) is 0.752. The molecule has 4 aliphatic carbocycles. The molecule has 0 aromatic heterocycles. The van der Waals surface area contributed by atoms with E-state index >= 15 is 0 Å². The van der Waals surface area contributed by atoms with Gasteiger partial charge in [0, 0.05) is 5.92 Å². The first-order valence-corrected chi connectivity index (χ1v) is 11.1. The highest BCUT2D eigenvalue weighted by molar-refractivity contribution is 4.97. The third-order valence-electron chi connectivity index (χ3n) is 8.45. The van der Waals surface area contributed by atoms with Crippen LogP contribution in [0.4, 0.5) is 0 Å². The molecule has 4 aliphatic rings. The van der Waals surface area contributed by atoms with Crippen molar-refractivity contribution >= 4 is 0 Å². The molecule has 2 nitrogen and oxygen atoms in total. The van der Waals surface area contributed by atoms with Crippen molar-refractivity contribution in [2.24, 2.45) is 35.5 Å². The van der Waals surface area contributed by atoms with Gasteiger partial charge < -0.3 is 10.2 Å². The molecule has 4 rings (SSSR count). The van der Waals surface area contributed by atoms with Crippen molar-refractivity contribution in [1.82, 2.24) is 0 Å². The number of fused-ring (bicyclic) bond motifs is 1. The zero-order chi connectivity index (χ0) is 16.5. The minimum absolute atomic E-state index is 0.172. The second kappa shape index (κ2) is 7.66. The maximum atomic E-state index is 11.4. The van der Waals surface area contributed by atoms with Crippen LogP contribution in [0, 0.1) is 35.5 Å². The van der Waals surface area contributed by atoms with Crippen molar-refractivity contribution in [3.63, 3.8) is 0 Å². The molecule has 0 bridgehead atoms. The van der Waals surface area contributed by atoms with Gasteiger partial charge in [0.2, 0.25) is 0 Å². The number of rotatable bonds is 2. The van der Waals surface area contributed by atoms with Gasteiger partial charge in [0.1, 0.15) is 0 Å². The normalized spacial score (nSPS) is 45.8. The van der Waals surface area contributed by atoms with Gasteiger partial charge in [-0.25, -0.2) is 0 Å². The maximum absolute atomic E-state index is 11.4. The molecular formula is C22H38O2. The summed E-state index contributed by atoms with van der Waals surface area (Å²) >= 11 is 0. The fraction of sp³-hybridized carbons (Fsp3) is 1.00. The molecule has 138 valence electrons. The summed E-state index contributed by atoms with van der Waals surface area (Å²) < 4.78 is 0. The molecule has 2 N–H and O–H groups in total. The molecule has 2 heteroatoms. The third kappa shape index (κ3) is 3.30. The number of hydrogen-bond acceptors (Lipinski definition) is 2. The van der Waals surface area contributed by atoms with Crippen LogP contribution in [0.1, 0.15) is 89.9 Å². The summed E-state index contributed by atoms with van der Waals surface area (Å²) in [5.74, 6) is 3.16. The summed E-state index contributed by atoms with van der Waals surface area (Å²) in [6, 6.07) is 0. The van der Waals surface area contributed by atoms with Crippen molar-refractivity contribution in [2.45, 2.75) is 102 Å². The Morgan fingerprint density at radius 2 is 0.792 bits per heavy atom. The fourth-order valence-corrected chi connectivity index (χ4v) is 7.23. The van der Waals surface area contributed by atoms with E-state index in [2.05, 4.69) is 0 Å². The standard InChI is InChI=1S/C22H38O2/c23-21-18(15-7-1-2-8-15)13-5-11-17-12-6-14-19(22(24)20(17)21)16-9-3-4-10-16/h15-24H,1-14H2/t17?,18-,19-,20?,21?,22?/m1/s1. The van der Waals surface area contributed by atoms with Gasteiger partial charge in [-0.05, 0) is 55.3 Å². The first-order chi connectivity index (χ1) is 11.8. The Labute approximate surface area is 148 Å². The lowest BCUT2D eigenvalue weighted by Gasteiger charge is -2.39. The van der Waals surface area contributed by atoms with Crippen LogP contribution in [0.15, 0.2) is 0 Å². The average Bonchev–Trinajstić information content (AvgIpc) is 3.23. The Kier molecular flexibility index (Phi) is 5.53. The second-order valence-corrected chi connectivity index (χ2v) is 9.60. The first kappa shape index (κ1) is 17.3. The highest BCUT2D eigenvalue weighted by atomic mass is 16.3. The Hall–Kier alpha value is -0.0800. The summed E-state index contributed by atoms with van der Waals surface area (Å²) in [7, 11) is 0. The minimum atomic E-state index is -0.238. The summed E-state index contributed by atoms with van der Waals surface area (Å²) in [4.78, 5) is 0. The predicted octanol–water partition coefficient (Wildman–Crippen LogP) is 4.92. The molecule has 0 amide bonds. The SMILES string of the molecule is OC1C2C(CCC[C@@H]1C1CCCC1)CCC[C@H](C1CCCC1)C2O. The van der Waals surface area contributed by atoms with Gasteiger partial charge in [0.25, 0.3) is 0 Å². The van der Waals surface area contributed by atoms with Crippen molar-refractivity contribution in [3.05, 3.63) is 0 Å². The fourth-order valence-electron chi connectivity index (χ4n) is 7.23. The molecule has 24 heavy (non-hydrogen) atoms. The smallest absolute Gasteiger partial charge is 0.0626 e. The van der Waals surface area contributed by atoms with Crippen molar-refractivity contribution in [3.8, 4) is 0 Å². The molecule has 0 spiro atoms. The van der Waals surface area contributed by atoms with Gasteiger partial charge in [-0.1, -0.05) is 64.2 Å². The van der Waals surface area contributed by atoms with E-state index in [0.29, 0.717) is 17.8 Å². The summed E-state index contributed by atoms with van der Waals surface area (Å²) in [6.07, 6.45) is 17.7. The van der Waals surface area contributed by atoms with Gasteiger partial charge in [-0.15, -0.1) is 0 Å². The van der Waals surface area contributed by atoms with E-state index in [-0.39, 0.29) is 18.1 Å². The summed E-state index contributed by atoms with van der Waals surface area (Å²) in [5.41, 5.74) is 0. The van der Waals surface area contributed by atoms with Gasteiger partial charge >= 0.3 is 0 Å². The molecule has 0 saturated heterocycles. The second-order valence-electron chi connectivity index (χ2n) is 9.60. The van der Waals surface area contributed by atoms with Gasteiger partial charge in [0.15, 0.2) is 0 Å². The molecule has 0 heterocycles. The molecule has 4 atom stereocenters. The number of aliphatic hydroxyl groups excluding tert-OH is 2. The lowest BCUT2D eigenvalue weighted by atomic mass is 9.71. The van der Waals surface area contributed by atoms with Crippen LogP contribution in [-0.4, -0.2) is 22.4 Å². The van der Waals surface area contributed by atoms with E-state index in [1.807, 2.05) is 0 Å². The van der Waals surface area contributed by atoms with E-state index in [1.165, 1.54) is 89.9 Å². The predicted molar refractivity (Wildman–Crippen MR) is 97.6 cm³/mol. The molecule has 0 aromatic rings. The van der Waals surface area contributed by atoms with Crippen LogP contribution in [-0.2, 0) is 0 Å². The van der Waals surface area contributed by atoms with E-state index in [1.54, 1.807) is 0 Å². The van der Waals surface area contributed by atoms with Gasteiger partial charge in [0.05, 0.1) is 12.2 Å². The van der Waals surface area contributed by atoms with Crippen LogP contribution >= 0.6 is 0 Å². The highest BCUT2D eigenvalue weighted by Gasteiger charge is 2.47. The lowest BCUT2D eigenvalue weighted by Crippen LogP contribution is -2.45. The minimum Gasteiger partial charge on any atom is -0.392 e. The van der Waals surface area contributed by atoms with Crippen LogP contribution in [0.25, 0.3) is 0 Å². The average molecular weight is 335 g/mol. The molecule has 0 aliphatic heterocycles. The monoisotopic (exact) mass is 334 g/mol. The topological polar surface area (TPSA) is 40.5 Å². The first-order valence-electron chi connectivity index (χ1n) is 11.1. The zero-order valence-corrected chi connectivity index (χ0v) is 15.4. The van der Waals surface area contributed by atoms with Crippen LogP contribution in [0.3, 0.4) is 0 Å².